The highest BCUT2D eigenvalue weighted by Gasteiger charge is 2.46. The number of rotatable bonds is 12. The molecule has 1 atom stereocenters. The number of nitrogens with zero attached hydrogens (tertiary/aromatic N) is 2. The molecule has 0 spiro atoms. The second-order valence-electron chi connectivity index (χ2n) is 10.3. The van der Waals surface area contributed by atoms with Crippen LogP contribution in [0.15, 0.2) is 60.1 Å². The second-order valence-corrected chi connectivity index (χ2v) is 10.3. The number of aryl methyl sites for hydroxylation is 1. The van der Waals surface area contributed by atoms with Crippen molar-refractivity contribution in [3.05, 3.63) is 71.3 Å². The molecule has 1 aliphatic carbocycles. The molecule has 7 nitrogen and oxygen atoms in total. The van der Waals surface area contributed by atoms with Gasteiger partial charge in [0.05, 0.1) is 10.8 Å². The summed E-state index contributed by atoms with van der Waals surface area (Å²) in [5.41, 5.74) is 2.54. The number of allylic oxidation sites excluding steroid dienone is 2. The number of hydrogen-bond acceptors (Lipinski definition) is 6. The zero-order valence-corrected chi connectivity index (χ0v) is 22.0. The Hall–Kier alpha value is -3.74. The van der Waals surface area contributed by atoms with E-state index in [1.54, 1.807) is 12.4 Å². The van der Waals surface area contributed by atoms with Crippen LogP contribution in [0.4, 0.5) is 0 Å². The Kier molecular flexibility index (Phi) is 7.91. The number of carboxylic acids is 1. The lowest BCUT2D eigenvalue weighted by molar-refractivity contribution is -0.139. The molecule has 1 aromatic carbocycles. The van der Waals surface area contributed by atoms with Crippen LogP contribution in [0.5, 0.6) is 11.6 Å². The fourth-order valence-corrected chi connectivity index (χ4v) is 4.83. The van der Waals surface area contributed by atoms with Crippen molar-refractivity contribution >= 4 is 22.5 Å². The summed E-state index contributed by atoms with van der Waals surface area (Å²) in [6.07, 6.45) is 8.72. The smallest absolute Gasteiger partial charge is 0.326 e. The summed E-state index contributed by atoms with van der Waals surface area (Å²) in [5.74, 6) is 0.256. The molecule has 2 N–H and O–H groups in total. The van der Waals surface area contributed by atoms with E-state index in [9.17, 15) is 14.7 Å². The minimum atomic E-state index is -0.948. The number of carbonyl (C=O) groups excluding carboxylic acids is 1. The van der Waals surface area contributed by atoms with Crippen LogP contribution in [0.2, 0.25) is 0 Å². The molecule has 2 heterocycles. The van der Waals surface area contributed by atoms with E-state index in [1.807, 2.05) is 57.2 Å². The molecule has 0 fully saturated rings. The van der Waals surface area contributed by atoms with E-state index in [-0.39, 0.29) is 12.2 Å². The van der Waals surface area contributed by atoms with Gasteiger partial charge in [-0.05, 0) is 68.8 Å². The number of hydrogen-bond donors (Lipinski definition) is 2. The number of unbranched alkanes of at least 4 members (excludes halogenated alkanes) is 3. The summed E-state index contributed by atoms with van der Waals surface area (Å²) < 4.78 is 6.05. The number of benzene rings is 1. The van der Waals surface area contributed by atoms with Crippen molar-refractivity contribution in [1.29, 1.82) is 0 Å². The number of carboxylic acid groups (broad SMARTS) is 1. The van der Waals surface area contributed by atoms with Gasteiger partial charge in [0, 0.05) is 35.8 Å². The summed E-state index contributed by atoms with van der Waals surface area (Å²) in [6, 6.07) is 10.4. The number of aliphatic carboxylic acids is 1. The largest absolute Gasteiger partial charge is 0.480 e. The van der Waals surface area contributed by atoms with Gasteiger partial charge in [0.1, 0.15) is 11.8 Å². The average Bonchev–Trinajstić information content (AvgIpc) is 2.87. The van der Waals surface area contributed by atoms with Crippen molar-refractivity contribution in [2.45, 2.75) is 72.3 Å². The standard InChI is InChI=1S/C30H35N3O4/c1-5-6-7-8-9-23-26(30(3,4)27(23)34)33-25(29(35)36)17-20-10-12-22(13-11-20)37-28-24-18-31-15-14-21(24)16-19(2)32-28/h10-16,18,25,33H,5-9,17H2,1-4H3,(H,35,36). The van der Waals surface area contributed by atoms with Crippen LogP contribution >= 0.6 is 0 Å². The molecule has 37 heavy (non-hydrogen) atoms. The molecule has 3 aromatic rings. The molecule has 2 aromatic heterocycles. The monoisotopic (exact) mass is 501 g/mol. The predicted octanol–water partition coefficient (Wildman–Crippen LogP) is 6.15. The van der Waals surface area contributed by atoms with Crippen molar-refractivity contribution < 1.29 is 19.4 Å². The maximum atomic E-state index is 12.7. The van der Waals surface area contributed by atoms with E-state index in [1.165, 1.54) is 0 Å². The number of Topliss-reactive ketones (excluding diaryl/α,β-unsaturated/α-hetero) is 1. The lowest BCUT2D eigenvalue weighted by Crippen LogP contribution is -2.51. The van der Waals surface area contributed by atoms with Crippen molar-refractivity contribution in [3.63, 3.8) is 0 Å². The third-order valence-corrected chi connectivity index (χ3v) is 6.97. The molecule has 7 heteroatoms. The average molecular weight is 502 g/mol. The van der Waals surface area contributed by atoms with Crippen molar-refractivity contribution in [3.8, 4) is 11.6 Å². The lowest BCUT2D eigenvalue weighted by Gasteiger charge is -2.41. The number of nitrogens with one attached hydrogen (secondary N) is 1. The third-order valence-electron chi connectivity index (χ3n) is 6.97. The Morgan fingerprint density at radius 3 is 2.59 bits per heavy atom. The first-order chi connectivity index (χ1) is 17.7. The van der Waals surface area contributed by atoms with Gasteiger partial charge in [-0.25, -0.2) is 9.78 Å². The molecule has 0 amide bonds. The van der Waals surface area contributed by atoms with Crippen LogP contribution in [-0.4, -0.2) is 32.9 Å². The quantitative estimate of drug-likeness (QED) is 0.287. The van der Waals surface area contributed by atoms with E-state index in [0.717, 1.165) is 59.0 Å². The molecule has 1 aliphatic rings. The second kappa shape index (κ2) is 11.1. The molecule has 1 unspecified atom stereocenters. The number of carbonyl (C=O) groups is 2. The summed E-state index contributed by atoms with van der Waals surface area (Å²) in [5, 5.41) is 15.0. The van der Waals surface area contributed by atoms with Gasteiger partial charge in [0.2, 0.25) is 5.88 Å². The molecule has 4 rings (SSSR count). The highest BCUT2D eigenvalue weighted by molar-refractivity contribution is 6.09. The van der Waals surface area contributed by atoms with Gasteiger partial charge in [-0.1, -0.05) is 38.3 Å². The topological polar surface area (TPSA) is 101 Å². The van der Waals surface area contributed by atoms with Gasteiger partial charge < -0.3 is 15.2 Å². The molecule has 0 saturated heterocycles. The van der Waals surface area contributed by atoms with Crippen molar-refractivity contribution in [2.24, 2.45) is 5.41 Å². The Labute approximate surface area is 218 Å². The van der Waals surface area contributed by atoms with E-state index in [2.05, 4.69) is 22.2 Å². The fraction of sp³-hybridized carbons (Fsp3) is 0.400. The number of pyridine rings is 2. The number of ketones is 1. The number of aromatic nitrogens is 2. The maximum Gasteiger partial charge on any atom is 0.326 e. The number of fused-ring (bicyclic) bond motifs is 1. The van der Waals surface area contributed by atoms with Crippen LogP contribution in [0, 0.1) is 12.3 Å². The summed E-state index contributed by atoms with van der Waals surface area (Å²) >= 11 is 0. The summed E-state index contributed by atoms with van der Waals surface area (Å²) in [4.78, 5) is 33.5. The van der Waals surface area contributed by atoms with Gasteiger partial charge >= 0.3 is 5.97 Å². The van der Waals surface area contributed by atoms with Crippen LogP contribution in [0.25, 0.3) is 10.8 Å². The van der Waals surface area contributed by atoms with Crippen LogP contribution in [0.3, 0.4) is 0 Å². The van der Waals surface area contributed by atoms with Gasteiger partial charge in [-0.3, -0.25) is 9.78 Å². The highest BCUT2D eigenvalue weighted by Crippen LogP contribution is 2.43. The fourth-order valence-electron chi connectivity index (χ4n) is 4.83. The normalized spacial score (nSPS) is 15.4. The summed E-state index contributed by atoms with van der Waals surface area (Å²) in [7, 11) is 0. The van der Waals surface area contributed by atoms with Gasteiger partial charge in [0.25, 0.3) is 0 Å². The van der Waals surface area contributed by atoms with Gasteiger partial charge in [0.15, 0.2) is 5.78 Å². The first-order valence-corrected chi connectivity index (χ1v) is 13.0. The Morgan fingerprint density at radius 1 is 1.14 bits per heavy atom. The van der Waals surface area contributed by atoms with E-state index < -0.39 is 17.4 Å². The zero-order valence-electron chi connectivity index (χ0n) is 22.0. The Balaban J connectivity index is 1.47. The maximum absolute atomic E-state index is 12.7. The highest BCUT2D eigenvalue weighted by atomic mass is 16.5. The predicted molar refractivity (Wildman–Crippen MR) is 144 cm³/mol. The molecule has 194 valence electrons. The number of ether oxygens (including phenoxy) is 1. The third kappa shape index (κ3) is 5.82. The Morgan fingerprint density at radius 2 is 1.89 bits per heavy atom. The lowest BCUT2D eigenvalue weighted by atomic mass is 9.67. The molecular weight excluding hydrogens is 466 g/mol. The van der Waals surface area contributed by atoms with Crippen molar-refractivity contribution in [1.82, 2.24) is 15.3 Å². The van der Waals surface area contributed by atoms with E-state index in [4.69, 9.17) is 4.74 Å². The molecular formula is C30H35N3O4. The molecule has 0 saturated carbocycles. The first kappa shape index (κ1) is 26.3. The van der Waals surface area contributed by atoms with Crippen LogP contribution < -0.4 is 10.1 Å². The van der Waals surface area contributed by atoms with E-state index >= 15 is 0 Å². The first-order valence-electron chi connectivity index (χ1n) is 13.0. The molecule has 0 radical (unpaired) electrons. The molecule has 0 bridgehead atoms. The summed E-state index contributed by atoms with van der Waals surface area (Å²) in [6.45, 7) is 7.78. The Bertz CT molecular complexity index is 1330. The van der Waals surface area contributed by atoms with Crippen LogP contribution in [-0.2, 0) is 16.0 Å². The molecule has 0 aliphatic heterocycles. The zero-order chi connectivity index (χ0) is 26.6. The minimum Gasteiger partial charge on any atom is -0.480 e. The van der Waals surface area contributed by atoms with Crippen molar-refractivity contribution in [2.75, 3.05) is 0 Å². The minimum absolute atomic E-state index is 0.115. The van der Waals surface area contributed by atoms with E-state index in [0.29, 0.717) is 18.1 Å². The van der Waals surface area contributed by atoms with Gasteiger partial charge in [-0.15, -0.1) is 0 Å². The van der Waals surface area contributed by atoms with Crippen LogP contribution in [0.1, 0.15) is 64.1 Å². The SMILES string of the molecule is CCCCCCC1=C(NC(Cc2ccc(Oc3nc(C)cc4ccncc34)cc2)C(=O)O)C(C)(C)C1=O. The van der Waals surface area contributed by atoms with Gasteiger partial charge in [-0.2, -0.15) is 0 Å².